The predicted octanol–water partition coefficient (Wildman–Crippen LogP) is 6.52. The van der Waals surface area contributed by atoms with Crippen molar-refractivity contribution >= 4 is 28.0 Å². The molecule has 2 heterocycles. The Morgan fingerprint density at radius 2 is 1.67 bits per heavy atom. The van der Waals surface area contributed by atoms with Gasteiger partial charge in [-0.2, -0.15) is 0 Å². The van der Waals surface area contributed by atoms with Gasteiger partial charge in [-0.15, -0.1) is 11.3 Å². The van der Waals surface area contributed by atoms with Crippen LogP contribution in [-0.4, -0.2) is 34.8 Å². The number of hydrogen-bond donors (Lipinski definition) is 0. The van der Waals surface area contributed by atoms with Gasteiger partial charge in [0.05, 0.1) is 6.54 Å². The number of piperidine rings is 1. The first-order valence-electron chi connectivity index (χ1n) is 11.8. The SMILES string of the molecule is Cc1ccsc1CN(C(=O)c1ccc2ccccc2c1)C1CCN(Cc2ccccc2)CC1. The number of aryl methyl sites for hydroxylation is 1. The van der Waals surface area contributed by atoms with Crippen molar-refractivity contribution in [3.8, 4) is 0 Å². The average Bonchev–Trinajstić information content (AvgIpc) is 3.27. The molecule has 1 amide bonds. The molecule has 0 bridgehead atoms. The fourth-order valence-corrected chi connectivity index (χ4v) is 5.71. The molecule has 0 saturated carbocycles. The molecule has 3 aromatic carbocycles. The highest BCUT2D eigenvalue weighted by Gasteiger charge is 2.29. The van der Waals surface area contributed by atoms with Crippen molar-refractivity contribution in [1.29, 1.82) is 0 Å². The molecule has 0 radical (unpaired) electrons. The molecular weight excluding hydrogens is 424 g/mol. The quantitative estimate of drug-likeness (QED) is 0.331. The van der Waals surface area contributed by atoms with Crippen molar-refractivity contribution in [2.24, 2.45) is 0 Å². The summed E-state index contributed by atoms with van der Waals surface area (Å²) in [6, 6.07) is 27.5. The van der Waals surface area contributed by atoms with Crippen LogP contribution in [0.5, 0.6) is 0 Å². The number of carbonyl (C=O) groups is 1. The van der Waals surface area contributed by atoms with Crippen LogP contribution in [0.1, 0.15) is 39.2 Å². The molecular formula is C29H30N2OS. The molecule has 1 aromatic heterocycles. The van der Waals surface area contributed by atoms with E-state index in [9.17, 15) is 4.79 Å². The van der Waals surface area contributed by atoms with Crippen molar-refractivity contribution in [3.63, 3.8) is 0 Å². The highest BCUT2D eigenvalue weighted by molar-refractivity contribution is 7.10. The number of rotatable bonds is 6. The summed E-state index contributed by atoms with van der Waals surface area (Å²) >= 11 is 1.76. The molecule has 0 aliphatic carbocycles. The molecule has 0 spiro atoms. The van der Waals surface area contributed by atoms with Crippen molar-refractivity contribution in [2.75, 3.05) is 13.1 Å². The number of benzene rings is 3. The van der Waals surface area contributed by atoms with Crippen LogP contribution in [0.25, 0.3) is 10.8 Å². The van der Waals surface area contributed by atoms with Gasteiger partial charge in [-0.25, -0.2) is 0 Å². The van der Waals surface area contributed by atoms with Crippen LogP contribution >= 0.6 is 11.3 Å². The monoisotopic (exact) mass is 454 g/mol. The van der Waals surface area contributed by atoms with Crippen LogP contribution in [0.15, 0.2) is 84.2 Å². The highest BCUT2D eigenvalue weighted by Crippen LogP contribution is 2.27. The van der Waals surface area contributed by atoms with E-state index in [1.54, 1.807) is 11.3 Å². The molecule has 5 rings (SSSR count). The standard InChI is InChI=1S/C29H30N2OS/c1-22-15-18-33-28(22)21-31(29(32)26-12-11-24-9-5-6-10-25(24)19-26)27-13-16-30(17-14-27)20-23-7-3-2-4-8-23/h2-12,15,18-19,27H,13-14,16-17,20-21H2,1H3. The second kappa shape index (κ2) is 9.90. The molecule has 3 nitrogen and oxygen atoms in total. The zero-order chi connectivity index (χ0) is 22.6. The van der Waals surface area contributed by atoms with E-state index in [1.165, 1.54) is 21.4 Å². The number of hydrogen-bond acceptors (Lipinski definition) is 3. The number of carbonyl (C=O) groups excluding carboxylic acids is 1. The normalized spacial score (nSPS) is 15.1. The Morgan fingerprint density at radius 3 is 2.39 bits per heavy atom. The lowest BCUT2D eigenvalue weighted by molar-refractivity contribution is 0.0545. The van der Waals surface area contributed by atoms with E-state index in [2.05, 4.69) is 82.8 Å². The average molecular weight is 455 g/mol. The zero-order valence-electron chi connectivity index (χ0n) is 19.1. The van der Waals surface area contributed by atoms with Gasteiger partial charge in [0.2, 0.25) is 0 Å². The Kier molecular flexibility index (Phi) is 6.56. The first kappa shape index (κ1) is 21.9. The van der Waals surface area contributed by atoms with Gasteiger partial charge in [-0.3, -0.25) is 9.69 Å². The summed E-state index contributed by atoms with van der Waals surface area (Å²) in [4.78, 5) is 19.8. The van der Waals surface area contributed by atoms with Crippen LogP contribution in [0.3, 0.4) is 0 Å². The lowest BCUT2D eigenvalue weighted by Crippen LogP contribution is -2.46. The van der Waals surface area contributed by atoms with Crippen LogP contribution in [0, 0.1) is 6.92 Å². The van der Waals surface area contributed by atoms with Crippen molar-refractivity contribution in [1.82, 2.24) is 9.80 Å². The van der Waals surface area contributed by atoms with E-state index in [0.717, 1.165) is 43.4 Å². The molecule has 0 unspecified atom stereocenters. The number of fused-ring (bicyclic) bond motifs is 1. The van der Waals surface area contributed by atoms with E-state index in [0.29, 0.717) is 6.54 Å². The number of amides is 1. The third kappa shape index (κ3) is 5.02. The van der Waals surface area contributed by atoms with Crippen molar-refractivity contribution < 1.29 is 4.79 Å². The van der Waals surface area contributed by atoms with Gasteiger partial charge < -0.3 is 4.90 Å². The third-order valence-electron chi connectivity index (χ3n) is 6.79. The Bertz CT molecular complexity index is 1220. The van der Waals surface area contributed by atoms with Gasteiger partial charge >= 0.3 is 0 Å². The van der Waals surface area contributed by atoms with Crippen molar-refractivity contribution in [3.05, 3.63) is 106 Å². The molecule has 33 heavy (non-hydrogen) atoms. The minimum atomic E-state index is 0.148. The van der Waals surface area contributed by atoms with Gasteiger partial charge in [0.15, 0.2) is 0 Å². The van der Waals surface area contributed by atoms with Gasteiger partial charge in [-0.05, 0) is 65.2 Å². The lowest BCUT2D eigenvalue weighted by Gasteiger charge is -2.38. The fourth-order valence-electron chi connectivity index (χ4n) is 4.81. The van der Waals surface area contributed by atoms with E-state index in [4.69, 9.17) is 0 Å². The molecule has 1 aliphatic heterocycles. The molecule has 4 heteroatoms. The lowest BCUT2D eigenvalue weighted by atomic mass is 10.00. The zero-order valence-corrected chi connectivity index (χ0v) is 19.9. The molecule has 1 fully saturated rings. The molecule has 1 saturated heterocycles. The summed E-state index contributed by atoms with van der Waals surface area (Å²) in [7, 11) is 0. The summed E-state index contributed by atoms with van der Waals surface area (Å²) in [5.74, 6) is 0.148. The Balaban J connectivity index is 1.35. The molecule has 0 atom stereocenters. The van der Waals surface area contributed by atoms with E-state index in [-0.39, 0.29) is 11.9 Å². The molecule has 168 valence electrons. The van der Waals surface area contributed by atoms with Crippen molar-refractivity contribution in [2.45, 2.75) is 38.9 Å². The smallest absolute Gasteiger partial charge is 0.254 e. The first-order chi connectivity index (χ1) is 16.2. The van der Waals surface area contributed by atoms with Gasteiger partial charge in [-0.1, -0.05) is 60.7 Å². The maximum absolute atomic E-state index is 13.8. The Hall–Kier alpha value is -2.95. The minimum Gasteiger partial charge on any atom is -0.330 e. The number of likely N-dealkylation sites (tertiary alicyclic amines) is 1. The highest BCUT2D eigenvalue weighted by atomic mass is 32.1. The predicted molar refractivity (Wildman–Crippen MR) is 138 cm³/mol. The van der Waals surface area contributed by atoms with Gasteiger partial charge in [0.25, 0.3) is 5.91 Å². The molecule has 0 N–H and O–H groups in total. The van der Waals surface area contributed by atoms with Crippen LogP contribution in [-0.2, 0) is 13.1 Å². The fraction of sp³-hybridized carbons (Fsp3) is 0.276. The summed E-state index contributed by atoms with van der Waals surface area (Å²) in [6.45, 7) is 5.86. The van der Waals surface area contributed by atoms with Crippen LogP contribution in [0.2, 0.25) is 0 Å². The second-order valence-corrected chi connectivity index (χ2v) is 10.0. The third-order valence-corrected chi connectivity index (χ3v) is 7.79. The summed E-state index contributed by atoms with van der Waals surface area (Å²) < 4.78 is 0. The summed E-state index contributed by atoms with van der Waals surface area (Å²) in [5.41, 5.74) is 3.42. The Morgan fingerprint density at radius 1 is 0.939 bits per heavy atom. The summed E-state index contributed by atoms with van der Waals surface area (Å²) in [6.07, 6.45) is 2.02. The largest absolute Gasteiger partial charge is 0.330 e. The Labute approximate surface area is 200 Å². The van der Waals surface area contributed by atoms with E-state index < -0.39 is 0 Å². The number of thiophene rings is 1. The van der Waals surface area contributed by atoms with E-state index in [1.807, 2.05) is 18.2 Å². The number of nitrogens with zero attached hydrogens (tertiary/aromatic N) is 2. The van der Waals surface area contributed by atoms with Gasteiger partial charge in [0, 0.05) is 36.1 Å². The minimum absolute atomic E-state index is 0.148. The van der Waals surface area contributed by atoms with Crippen LogP contribution < -0.4 is 0 Å². The maximum atomic E-state index is 13.8. The molecule has 4 aromatic rings. The topological polar surface area (TPSA) is 23.6 Å². The van der Waals surface area contributed by atoms with E-state index >= 15 is 0 Å². The maximum Gasteiger partial charge on any atom is 0.254 e. The van der Waals surface area contributed by atoms with Crippen LogP contribution in [0.4, 0.5) is 0 Å². The first-order valence-corrected chi connectivity index (χ1v) is 12.6. The summed E-state index contributed by atoms with van der Waals surface area (Å²) in [5, 5.41) is 4.42. The molecule has 1 aliphatic rings. The van der Waals surface area contributed by atoms with Gasteiger partial charge in [0.1, 0.15) is 0 Å². The second-order valence-electron chi connectivity index (χ2n) is 9.01.